The van der Waals surface area contributed by atoms with Gasteiger partial charge in [-0.1, -0.05) is 201 Å². The molecule has 1 saturated heterocycles. The van der Waals surface area contributed by atoms with Gasteiger partial charge in [0, 0.05) is 32.6 Å². The van der Waals surface area contributed by atoms with E-state index in [1.54, 1.807) is 0 Å². The Morgan fingerprint density at radius 2 is 0.721 bits per heavy atom. The van der Waals surface area contributed by atoms with Crippen molar-refractivity contribution in [3.63, 3.8) is 0 Å². The van der Waals surface area contributed by atoms with Gasteiger partial charge in [-0.05, 0) is 103 Å². The van der Waals surface area contributed by atoms with E-state index in [9.17, 15) is 9.59 Å². The molecule has 0 aromatic rings. The normalized spacial score (nSPS) is 13.7. The van der Waals surface area contributed by atoms with Crippen LogP contribution < -0.4 is 0 Å². The Morgan fingerprint density at radius 1 is 0.410 bits per heavy atom. The first-order chi connectivity index (χ1) is 30.1. The molecule has 1 aliphatic rings. The van der Waals surface area contributed by atoms with Crippen molar-refractivity contribution < 1.29 is 9.59 Å². The maximum absolute atomic E-state index is 14.0. The summed E-state index contributed by atoms with van der Waals surface area (Å²) in [7, 11) is 0. The number of hydrogen-bond donors (Lipinski definition) is 0. The molecular weight excluding hydrogens is 749 g/mol. The van der Waals surface area contributed by atoms with Gasteiger partial charge < -0.3 is 19.5 Å². The zero-order valence-corrected chi connectivity index (χ0v) is 42.2. The van der Waals surface area contributed by atoms with Crippen LogP contribution in [0.2, 0.25) is 0 Å². The first-order valence-electron chi connectivity index (χ1n) is 28.0. The van der Waals surface area contributed by atoms with Gasteiger partial charge in [0.2, 0.25) is 5.91 Å². The molecule has 1 aliphatic heterocycles. The monoisotopic (exact) mass is 859 g/mol. The van der Waals surface area contributed by atoms with Crippen LogP contribution in [0.1, 0.15) is 265 Å². The largest absolute Gasteiger partial charge is 0.342 e. The van der Waals surface area contributed by atoms with Crippen molar-refractivity contribution in [2.45, 2.75) is 265 Å². The van der Waals surface area contributed by atoms with Crippen LogP contribution in [-0.4, -0.2) is 104 Å². The number of piperidine rings is 1. The Kier molecular flexibility index (Phi) is 43.4. The van der Waals surface area contributed by atoms with E-state index in [1.807, 2.05) is 0 Å². The van der Waals surface area contributed by atoms with Crippen molar-refractivity contribution in [3.05, 3.63) is 0 Å². The number of nitrogens with zero attached hydrogens (tertiary/aromatic N) is 4. The lowest BCUT2D eigenvalue weighted by Gasteiger charge is -2.35. The molecule has 1 amide bonds. The Balaban J connectivity index is 2.71. The van der Waals surface area contributed by atoms with E-state index in [-0.39, 0.29) is 0 Å². The first kappa shape index (κ1) is 58.0. The molecule has 0 aromatic heterocycles. The molecule has 6 nitrogen and oxygen atoms in total. The van der Waals surface area contributed by atoms with Gasteiger partial charge in [0.15, 0.2) is 0 Å². The number of hydrogen-bond acceptors (Lipinski definition) is 5. The van der Waals surface area contributed by atoms with E-state index >= 15 is 0 Å². The summed E-state index contributed by atoms with van der Waals surface area (Å²) in [5.41, 5.74) is 0. The van der Waals surface area contributed by atoms with Crippen molar-refractivity contribution in [1.29, 1.82) is 0 Å². The third-order valence-corrected chi connectivity index (χ3v) is 14.0. The fraction of sp³-hybridized carbons (Fsp3) is 0.964. The molecule has 0 aliphatic carbocycles. The average Bonchev–Trinajstić information content (AvgIpc) is 3.27. The Bertz CT molecular complexity index is 890. The summed E-state index contributed by atoms with van der Waals surface area (Å²) in [4.78, 5) is 35.0. The van der Waals surface area contributed by atoms with Crippen molar-refractivity contribution in [3.8, 4) is 0 Å². The summed E-state index contributed by atoms with van der Waals surface area (Å²) in [5, 5.41) is 0. The lowest BCUT2D eigenvalue weighted by molar-refractivity contribution is -0.134. The topological polar surface area (TPSA) is 47.1 Å². The third-order valence-electron chi connectivity index (χ3n) is 14.0. The summed E-state index contributed by atoms with van der Waals surface area (Å²) in [6.45, 7) is 21.2. The number of aldehydes is 1. The molecule has 0 N–H and O–H groups in total. The van der Waals surface area contributed by atoms with Crippen molar-refractivity contribution in [1.82, 2.24) is 19.6 Å². The van der Waals surface area contributed by atoms with Gasteiger partial charge in [-0.25, -0.2) is 0 Å². The van der Waals surface area contributed by atoms with Crippen molar-refractivity contribution in [2.24, 2.45) is 5.92 Å². The number of rotatable bonds is 48. The summed E-state index contributed by atoms with van der Waals surface area (Å²) in [6, 6.07) is 0. The van der Waals surface area contributed by atoms with Gasteiger partial charge in [-0.2, -0.15) is 0 Å². The number of likely N-dealkylation sites (tertiary alicyclic amines) is 1. The molecule has 0 aromatic carbocycles. The predicted molar refractivity (Wildman–Crippen MR) is 269 cm³/mol. The molecule has 0 unspecified atom stereocenters. The standard InChI is InChI=1S/C55H110N4O2/c1-5-9-13-17-21-27-33-42-56(43-34-30-25-26-32-38-52-60)47-39-54-40-48-59(49-41-54)55(61)53-58(46-37-31-24-20-16-12-8-4)51-50-57(44-35-28-22-18-14-10-6-2)45-36-29-23-19-15-11-7-3/h52,54H,5-51,53H2,1-4H3. The fourth-order valence-electron chi connectivity index (χ4n) is 9.61. The van der Waals surface area contributed by atoms with Crippen LogP contribution in [0, 0.1) is 5.92 Å². The predicted octanol–water partition coefficient (Wildman–Crippen LogP) is 15.1. The minimum absolute atomic E-state index is 0.390. The molecule has 6 heteroatoms. The maximum Gasteiger partial charge on any atom is 0.236 e. The Labute approximate surface area is 383 Å². The van der Waals surface area contributed by atoms with Gasteiger partial charge in [0.25, 0.3) is 0 Å². The van der Waals surface area contributed by atoms with E-state index in [1.165, 1.54) is 257 Å². The molecule has 1 heterocycles. The minimum atomic E-state index is 0.390. The molecule has 0 radical (unpaired) electrons. The van der Waals surface area contributed by atoms with Crippen LogP contribution in [0.25, 0.3) is 0 Å². The Morgan fingerprint density at radius 3 is 1.10 bits per heavy atom. The molecule has 362 valence electrons. The van der Waals surface area contributed by atoms with E-state index < -0.39 is 0 Å². The van der Waals surface area contributed by atoms with Gasteiger partial charge in [0.1, 0.15) is 6.29 Å². The molecule has 0 bridgehead atoms. The van der Waals surface area contributed by atoms with Crippen molar-refractivity contribution >= 4 is 12.2 Å². The second-order valence-electron chi connectivity index (χ2n) is 19.8. The smallest absolute Gasteiger partial charge is 0.236 e. The second kappa shape index (κ2) is 45.6. The average molecular weight is 860 g/mol. The highest BCUT2D eigenvalue weighted by Gasteiger charge is 2.25. The van der Waals surface area contributed by atoms with Gasteiger partial charge in [-0.15, -0.1) is 0 Å². The van der Waals surface area contributed by atoms with Crippen LogP contribution in [0.3, 0.4) is 0 Å². The molecule has 0 saturated carbocycles. The fourth-order valence-corrected chi connectivity index (χ4v) is 9.61. The highest BCUT2D eigenvalue weighted by atomic mass is 16.2. The molecule has 0 atom stereocenters. The van der Waals surface area contributed by atoms with Gasteiger partial charge >= 0.3 is 0 Å². The molecule has 61 heavy (non-hydrogen) atoms. The minimum Gasteiger partial charge on any atom is -0.342 e. The van der Waals surface area contributed by atoms with Crippen LogP contribution in [0.15, 0.2) is 0 Å². The summed E-state index contributed by atoms with van der Waals surface area (Å²) >= 11 is 0. The summed E-state index contributed by atoms with van der Waals surface area (Å²) in [5.74, 6) is 1.14. The number of amides is 1. The number of unbranched alkanes of at least 4 members (excludes halogenated alkanes) is 29. The van der Waals surface area contributed by atoms with Crippen LogP contribution in [-0.2, 0) is 9.59 Å². The van der Waals surface area contributed by atoms with Crippen LogP contribution in [0.5, 0.6) is 0 Å². The SMILES string of the molecule is CCCCCCCCCN(CCCCCCCC=O)CCC1CCN(C(=O)CN(CCCCCCCCC)CCN(CCCCCCCCC)CCCCCCCCC)CC1. The summed E-state index contributed by atoms with van der Waals surface area (Å²) < 4.78 is 0. The van der Waals surface area contributed by atoms with Crippen LogP contribution in [0.4, 0.5) is 0 Å². The van der Waals surface area contributed by atoms with Crippen LogP contribution >= 0.6 is 0 Å². The highest BCUT2D eigenvalue weighted by molar-refractivity contribution is 5.78. The van der Waals surface area contributed by atoms with E-state index in [4.69, 9.17) is 0 Å². The van der Waals surface area contributed by atoms with Gasteiger partial charge in [0.05, 0.1) is 6.54 Å². The van der Waals surface area contributed by atoms with Gasteiger partial charge in [-0.3, -0.25) is 9.69 Å². The van der Waals surface area contributed by atoms with E-state index in [0.717, 1.165) is 57.8 Å². The number of carbonyl (C=O) groups is 2. The van der Waals surface area contributed by atoms with Crippen molar-refractivity contribution in [2.75, 3.05) is 72.0 Å². The lowest BCUT2D eigenvalue weighted by Crippen LogP contribution is -2.46. The van der Waals surface area contributed by atoms with E-state index in [0.29, 0.717) is 12.5 Å². The second-order valence-corrected chi connectivity index (χ2v) is 19.8. The van der Waals surface area contributed by atoms with E-state index in [2.05, 4.69) is 47.3 Å². The lowest BCUT2D eigenvalue weighted by atomic mass is 9.93. The molecule has 1 fully saturated rings. The quantitative estimate of drug-likeness (QED) is 0.0451. The zero-order valence-electron chi connectivity index (χ0n) is 42.2. The summed E-state index contributed by atoms with van der Waals surface area (Å²) in [6.07, 6.45) is 49.7. The maximum atomic E-state index is 14.0. The first-order valence-corrected chi connectivity index (χ1v) is 28.0. The zero-order chi connectivity index (χ0) is 44.1. The molecule has 0 spiro atoms. The number of carbonyl (C=O) groups excluding carboxylic acids is 2. The third kappa shape index (κ3) is 37.0. The Hall–Kier alpha value is -0.980. The molecule has 1 rings (SSSR count). The molecular formula is C55H110N4O2. The highest BCUT2D eigenvalue weighted by Crippen LogP contribution is 2.22.